The zero-order valence-electron chi connectivity index (χ0n) is 21.5. The van der Waals surface area contributed by atoms with Crippen LogP contribution in [0.4, 0.5) is 0 Å². The van der Waals surface area contributed by atoms with Gasteiger partial charge in [-0.1, -0.05) is 25.0 Å². The predicted molar refractivity (Wildman–Crippen MR) is 140 cm³/mol. The molecule has 5 N–H and O–H groups in total. The van der Waals surface area contributed by atoms with Crippen molar-refractivity contribution in [2.24, 2.45) is 11.8 Å². The van der Waals surface area contributed by atoms with Gasteiger partial charge in [0.05, 0.1) is 23.6 Å². The minimum absolute atomic E-state index is 0.0332. The number of nitrogens with zero attached hydrogens (tertiary/aromatic N) is 1. The number of hydrogen-bond acceptors (Lipinski definition) is 10. The normalized spacial score (nSPS) is 33.5. The van der Waals surface area contributed by atoms with Crippen LogP contribution in [-0.4, -0.2) is 90.6 Å². The number of carbonyl (C=O) groups is 3. The molecule has 5 rings (SSSR count). The number of phenolic OH excluding ortho intramolecular Hbond substituents is 1. The smallest absolute Gasteiger partial charge is 0.209 e. The van der Waals surface area contributed by atoms with Crippen LogP contribution in [0.5, 0.6) is 5.75 Å². The second-order valence-corrected chi connectivity index (χ2v) is 12.4. The van der Waals surface area contributed by atoms with Gasteiger partial charge in [-0.3, -0.25) is 19.3 Å². The van der Waals surface area contributed by atoms with Crippen molar-refractivity contribution in [3.05, 3.63) is 52.0 Å². The summed E-state index contributed by atoms with van der Waals surface area (Å²) in [5.74, 6) is -7.23. The van der Waals surface area contributed by atoms with E-state index in [4.69, 9.17) is 0 Å². The average Bonchev–Trinajstić information content (AvgIpc) is 3.37. The van der Waals surface area contributed by atoms with Gasteiger partial charge in [0, 0.05) is 28.4 Å². The van der Waals surface area contributed by atoms with E-state index in [0.29, 0.717) is 16.6 Å². The van der Waals surface area contributed by atoms with Crippen molar-refractivity contribution >= 4 is 29.1 Å². The maximum Gasteiger partial charge on any atom is 0.209 e. The van der Waals surface area contributed by atoms with Gasteiger partial charge in [0.15, 0.2) is 17.2 Å². The van der Waals surface area contributed by atoms with Crippen molar-refractivity contribution < 1.29 is 39.9 Å². The van der Waals surface area contributed by atoms with Gasteiger partial charge >= 0.3 is 0 Å². The van der Waals surface area contributed by atoms with Crippen LogP contribution in [-0.2, 0) is 9.59 Å². The largest absolute Gasteiger partial charge is 0.510 e. The molecule has 0 bridgehead atoms. The number of likely N-dealkylation sites (N-methyl/N-ethyl adjacent to an activating group) is 1. The van der Waals surface area contributed by atoms with Crippen LogP contribution in [0.3, 0.4) is 0 Å². The van der Waals surface area contributed by atoms with Gasteiger partial charge in [0.1, 0.15) is 22.8 Å². The molecule has 0 radical (unpaired) electrons. The SMILES string of the molecule is CC(=O)C1=C(O)[C@@H](N(C)C)C2[C@@H](O)C3C(=C(O)[C@]2(O)C1=O)C(=O)c1c(O)cccc1[C@@H]3CSC1CCCC1. The van der Waals surface area contributed by atoms with Crippen molar-refractivity contribution in [2.45, 2.75) is 61.5 Å². The molecule has 0 spiro atoms. The number of benzene rings is 1. The van der Waals surface area contributed by atoms with E-state index in [9.17, 15) is 39.9 Å². The van der Waals surface area contributed by atoms with Crippen molar-refractivity contribution in [2.75, 3.05) is 19.8 Å². The summed E-state index contributed by atoms with van der Waals surface area (Å²) in [6, 6.07) is 3.50. The fourth-order valence-corrected chi connectivity index (χ4v) is 8.53. The molecule has 0 aliphatic heterocycles. The first-order valence-corrected chi connectivity index (χ1v) is 13.9. The Morgan fingerprint density at radius 2 is 1.79 bits per heavy atom. The molecule has 1 aromatic rings. The second-order valence-electron chi connectivity index (χ2n) is 11.0. The van der Waals surface area contributed by atoms with Gasteiger partial charge < -0.3 is 25.5 Å². The molecule has 2 unspecified atom stereocenters. The third kappa shape index (κ3) is 3.68. The van der Waals surface area contributed by atoms with Crippen molar-refractivity contribution in [1.82, 2.24) is 4.90 Å². The van der Waals surface area contributed by atoms with Gasteiger partial charge in [-0.15, -0.1) is 0 Å². The molecule has 4 aliphatic carbocycles. The molecule has 0 saturated heterocycles. The molecular weight excluding hydrogens is 510 g/mol. The summed E-state index contributed by atoms with van der Waals surface area (Å²) in [4.78, 5) is 41.2. The molecular formula is C28H33NO8S. The summed E-state index contributed by atoms with van der Waals surface area (Å²) in [5, 5.41) is 57.4. The van der Waals surface area contributed by atoms with E-state index in [1.165, 1.54) is 11.0 Å². The number of Topliss-reactive ketones (excluding diaryl/α,β-unsaturated/α-hetero) is 3. The van der Waals surface area contributed by atoms with E-state index in [0.717, 1.165) is 32.6 Å². The molecule has 9 nitrogen and oxygen atoms in total. The fourth-order valence-electron chi connectivity index (χ4n) is 7.00. The van der Waals surface area contributed by atoms with Crippen LogP contribution >= 0.6 is 11.8 Å². The predicted octanol–water partition coefficient (Wildman–Crippen LogP) is 2.41. The Morgan fingerprint density at radius 1 is 1.13 bits per heavy atom. The number of aliphatic hydroxyl groups excluding tert-OH is 3. The summed E-state index contributed by atoms with van der Waals surface area (Å²) in [5.41, 5.74) is -3.35. The Bertz CT molecular complexity index is 1280. The quantitative estimate of drug-likeness (QED) is 0.350. The zero-order valence-corrected chi connectivity index (χ0v) is 22.4. The highest BCUT2D eigenvalue weighted by atomic mass is 32.2. The summed E-state index contributed by atoms with van der Waals surface area (Å²) in [6.07, 6.45) is 2.81. The third-order valence-electron chi connectivity index (χ3n) is 8.72. The first kappa shape index (κ1) is 26.9. The average molecular weight is 544 g/mol. The van der Waals surface area contributed by atoms with E-state index in [2.05, 4.69) is 0 Å². The first-order valence-electron chi connectivity index (χ1n) is 12.9. The minimum atomic E-state index is -2.83. The molecule has 6 atom stereocenters. The van der Waals surface area contributed by atoms with E-state index in [1.807, 2.05) is 0 Å². The highest BCUT2D eigenvalue weighted by molar-refractivity contribution is 7.99. The molecule has 10 heteroatoms. The van der Waals surface area contributed by atoms with Crippen LogP contribution in [0.1, 0.15) is 54.4 Å². The monoisotopic (exact) mass is 543 g/mol. The summed E-state index contributed by atoms with van der Waals surface area (Å²) in [7, 11) is 3.12. The van der Waals surface area contributed by atoms with Crippen molar-refractivity contribution in [1.29, 1.82) is 0 Å². The Kier molecular flexibility index (Phi) is 6.74. The molecule has 0 amide bonds. The number of hydrogen-bond donors (Lipinski definition) is 5. The topological polar surface area (TPSA) is 156 Å². The molecule has 0 aromatic heterocycles. The molecule has 1 aromatic carbocycles. The maximum absolute atomic E-state index is 13.8. The maximum atomic E-state index is 13.8. The van der Waals surface area contributed by atoms with Gasteiger partial charge in [0.2, 0.25) is 5.78 Å². The number of fused-ring (bicyclic) bond motifs is 3. The number of carbonyl (C=O) groups excluding carboxylic acids is 3. The van der Waals surface area contributed by atoms with Crippen LogP contribution in [0.15, 0.2) is 40.9 Å². The number of aromatic hydroxyl groups is 1. The summed E-state index contributed by atoms with van der Waals surface area (Å²) < 4.78 is 0. The lowest BCUT2D eigenvalue weighted by Gasteiger charge is -2.54. The van der Waals surface area contributed by atoms with Gasteiger partial charge in [-0.05, 0) is 45.5 Å². The summed E-state index contributed by atoms with van der Waals surface area (Å²) >= 11 is 1.71. The number of rotatable bonds is 5. The molecule has 1 saturated carbocycles. The van der Waals surface area contributed by atoms with Crippen LogP contribution in [0, 0.1) is 11.8 Å². The highest BCUT2D eigenvalue weighted by Crippen LogP contribution is 2.56. The van der Waals surface area contributed by atoms with Crippen molar-refractivity contribution in [3.8, 4) is 5.75 Å². The Labute approximate surface area is 224 Å². The first-order chi connectivity index (χ1) is 17.9. The molecule has 1 fully saturated rings. The van der Waals surface area contributed by atoms with E-state index >= 15 is 0 Å². The lowest BCUT2D eigenvalue weighted by molar-refractivity contribution is -0.162. The van der Waals surface area contributed by atoms with Crippen LogP contribution < -0.4 is 0 Å². The Morgan fingerprint density at radius 3 is 2.39 bits per heavy atom. The van der Waals surface area contributed by atoms with Gasteiger partial charge in [-0.25, -0.2) is 0 Å². The molecule has 38 heavy (non-hydrogen) atoms. The minimum Gasteiger partial charge on any atom is -0.510 e. The van der Waals surface area contributed by atoms with Gasteiger partial charge in [0.25, 0.3) is 0 Å². The third-order valence-corrected chi connectivity index (χ3v) is 10.2. The van der Waals surface area contributed by atoms with E-state index in [1.54, 1.807) is 38.0 Å². The molecule has 0 heterocycles. The molecule has 4 aliphatic rings. The van der Waals surface area contributed by atoms with Gasteiger partial charge in [-0.2, -0.15) is 11.8 Å². The standard InChI is InChI=1S/C28H33NO8S/c1-12(30)17-25(34)22(29(2)3)21-24(33)19-15(11-38-13-7-4-5-8-13)14-9-6-10-16(31)18(14)23(32)20(19)27(36)28(21,37)26(17)35/h6,9-10,13,15,19,21-22,24,31,33-34,36-37H,4-5,7-8,11H2,1-3H3/t15-,19?,21?,22-,24-,28+/m0/s1. The Balaban J connectivity index is 1.74. The van der Waals surface area contributed by atoms with Crippen molar-refractivity contribution in [3.63, 3.8) is 0 Å². The highest BCUT2D eigenvalue weighted by Gasteiger charge is 2.67. The number of thioether (sulfide) groups is 1. The van der Waals surface area contributed by atoms with E-state index in [-0.39, 0.29) is 16.9 Å². The zero-order chi connectivity index (χ0) is 27.7. The fraction of sp³-hybridized carbons (Fsp3) is 0.536. The Hall–Kier alpha value is -2.66. The summed E-state index contributed by atoms with van der Waals surface area (Å²) in [6.45, 7) is 1.06. The second kappa shape index (κ2) is 9.51. The van der Waals surface area contributed by atoms with Crippen LogP contribution in [0.2, 0.25) is 0 Å². The van der Waals surface area contributed by atoms with E-state index < -0.39 is 69.9 Å². The lowest BCUT2D eigenvalue weighted by atomic mass is 9.55. The lowest BCUT2D eigenvalue weighted by Crippen LogP contribution is -2.68. The number of ketones is 3. The van der Waals surface area contributed by atoms with Crippen LogP contribution in [0.25, 0.3) is 0 Å². The number of phenols is 1. The number of aliphatic hydroxyl groups is 4. The molecule has 204 valence electrons.